The molecule has 0 aliphatic heterocycles. The summed E-state index contributed by atoms with van der Waals surface area (Å²) in [6.07, 6.45) is 1.75. The second kappa shape index (κ2) is 5.72. The first-order valence-corrected chi connectivity index (χ1v) is 7.36. The highest BCUT2D eigenvalue weighted by molar-refractivity contribution is 5.61. The molecule has 0 spiro atoms. The van der Waals surface area contributed by atoms with Crippen LogP contribution in [0.25, 0.3) is 11.3 Å². The van der Waals surface area contributed by atoms with Crippen molar-refractivity contribution in [2.45, 2.75) is 19.3 Å². The molecule has 0 amide bonds. The van der Waals surface area contributed by atoms with E-state index >= 15 is 0 Å². The summed E-state index contributed by atoms with van der Waals surface area (Å²) in [6, 6.07) is 21.0. The molecule has 0 radical (unpaired) electrons. The van der Waals surface area contributed by atoms with Gasteiger partial charge in [0.05, 0.1) is 5.69 Å². The maximum Gasteiger partial charge on any atom is 0.132 e. The number of pyridine rings is 1. The standard InChI is InChI=1S/C20H18FN/c1-20(2,15-8-4-3-5-9-15)16-12-13-22-19(14-16)17-10-6-7-11-18(17)21/h3-14H,1-2H3. The third kappa shape index (κ3) is 2.64. The molecule has 1 nitrogen and oxygen atoms in total. The first-order chi connectivity index (χ1) is 10.6. The van der Waals surface area contributed by atoms with E-state index in [1.807, 2.05) is 36.4 Å². The third-order valence-corrected chi connectivity index (χ3v) is 4.13. The second-order valence-corrected chi connectivity index (χ2v) is 5.90. The molecule has 1 heterocycles. The number of benzene rings is 2. The van der Waals surface area contributed by atoms with E-state index in [2.05, 4.69) is 31.0 Å². The molecule has 0 fully saturated rings. The average Bonchev–Trinajstić information content (AvgIpc) is 2.56. The molecule has 2 heteroatoms. The summed E-state index contributed by atoms with van der Waals surface area (Å²) in [5.41, 5.74) is 3.38. The maximum absolute atomic E-state index is 14.0. The van der Waals surface area contributed by atoms with Crippen LogP contribution in [0.15, 0.2) is 72.9 Å². The van der Waals surface area contributed by atoms with Gasteiger partial charge in [0.1, 0.15) is 5.82 Å². The predicted octanol–water partition coefficient (Wildman–Crippen LogP) is 5.21. The van der Waals surface area contributed by atoms with Crippen molar-refractivity contribution < 1.29 is 4.39 Å². The first kappa shape index (κ1) is 14.5. The van der Waals surface area contributed by atoms with Gasteiger partial charge in [-0.25, -0.2) is 4.39 Å². The molecule has 0 aliphatic rings. The summed E-state index contributed by atoms with van der Waals surface area (Å²) in [6.45, 7) is 4.34. The quantitative estimate of drug-likeness (QED) is 0.645. The van der Waals surface area contributed by atoms with Crippen molar-refractivity contribution in [3.05, 3.63) is 89.9 Å². The summed E-state index contributed by atoms with van der Waals surface area (Å²) in [5, 5.41) is 0. The van der Waals surface area contributed by atoms with Gasteiger partial charge in [-0.2, -0.15) is 0 Å². The molecule has 0 N–H and O–H groups in total. The Morgan fingerprint density at radius 2 is 1.50 bits per heavy atom. The van der Waals surface area contributed by atoms with E-state index in [9.17, 15) is 4.39 Å². The summed E-state index contributed by atoms with van der Waals surface area (Å²) < 4.78 is 14.0. The van der Waals surface area contributed by atoms with Crippen LogP contribution in [0.2, 0.25) is 0 Å². The minimum atomic E-state index is -0.246. The van der Waals surface area contributed by atoms with Gasteiger partial charge in [-0.3, -0.25) is 4.98 Å². The fourth-order valence-electron chi connectivity index (χ4n) is 2.66. The largest absolute Gasteiger partial charge is 0.256 e. The monoisotopic (exact) mass is 291 g/mol. The fraction of sp³-hybridized carbons (Fsp3) is 0.150. The summed E-state index contributed by atoms with van der Waals surface area (Å²) in [4.78, 5) is 4.34. The SMILES string of the molecule is CC(C)(c1ccccc1)c1ccnc(-c2ccccc2F)c1. The number of nitrogens with zero attached hydrogens (tertiary/aromatic N) is 1. The van der Waals surface area contributed by atoms with Gasteiger partial charge in [-0.15, -0.1) is 0 Å². The fourth-order valence-corrected chi connectivity index (χ4v) is 2.66. The molecule has 2 aromatic carbocycles. The summed E-state index contributed by atoms with van der Waals surface area (Å²) in [5.74, 6) is -0.246. The normalized spacial score (nSPS) is 11.4. The second-order valence-electron chi connectivity index (χ2n) is 5.90. The molecule has 3 aromatic rings. The third-order valence-electron chi connectivity index (χ3n) is 4.13. The molecule has 22 heavy (non-hydrogen) atoms. The van der Waals surface area contributed by atoms with E-state index in [1.165, 1.54) is 11.6 Å². The van der Waals surface area contributed by atoms with Crippen LogP contribution in [0.1, 0.15) is 25.0 Å². The zero-order chi connectivity index (χ0) is 15.6. The van der Waals surface area contributed by atoms with Crippen molar-refractivity contribution in [1.82, 2.24) is 4.98 Å². The highest BCUT2D eigenvalue weighted by atomic mass is 19.1. The number of hydrogen-bond acceptors (Lipinski definition) is 1. The van der Waals surface area contributed by atoms with Crippen LogP contribution in [0, 0.1) is 5.82 Å². The molecule has 0 saturated carbocycles. The molecule has 110 valence electrons. The Hall–Kier alpha value is -2.48. The van der Waals surface area contributed by atoms with E-state index in [0.29, 0.717) is 11.3 Å². The predicted molar refractivity (Wildman–Crippen MR) is 88.2 cm³/mol. The van der Waals surface area contributed by atoms with Gasteiger partial charge in [0.2, 0.25) is 0 Å². The Morgan fingerprint density at radius 3 is 2.23 bits per heavy atom. The van der Waals surface area contributed by atoms with Crippen molar-refractivity contribution in [2.24, 2.45) is 0 Å². The lowest BCUT2D eigenvalue weighted by Crippen LogP contribution is -2.19. The molecule has 0 unspecified atom stereocenters. The van der Waals surface area contributed by atoms with Crippen LogP contribution in [-0.4, -0.2) is 4.98 Å². The van der Waals surface area contributed by atoms with Gasteiger partial charge in [0.25, 0.3) is 0 Å². The van der Waals surface area contributed by atoms with Gasteiger partial charge >= 0.3 is 0 Å². The lowest BCUT2D eigenvalue weighted by molar-refractivity contribution is 0.628. The number of aromatic nitrogens is 1. The van der Waals surface area contributed by atoms with Crippen LogP contribution >= 0.6 is 0 Å². The molecule has 0 saturated heterocycles. The molecule has 1 aromatic heterocycles. The number of rotatable bonds is 3. The minimum Gasteiger partial charge on any atom is -0.256 e. The van der Waals surface area contributed by atoms with Crippen LogP contribution in [0.3, 0.4) is 0 Å². The van der Waals surface area contributed by atoms with E-state index in [1.54, 1.807) is 18.3 Å². The number of halogens is 1. The summed E-state index contributed by atoms with van der Waals surface area (Å²) in [7, 11) is 0. The smallest absolute Gasteiger partial charge is 0.132 e. The van der Waals surface area contributed by atoms with Crippen LogP contribution in [0.4, 0.5) is 4.39 Å². The Labute approximate surface area is 130 Å². The molecule has 0 atom stereocenters. The molecule has 0 aliphatic carbocycles. The topological polar surface area (TPSA) is 12.9 Å². The maximum atomic E-state index is 14.0. The van der Waals surface area contributed by atoms with Gasteiger partial charge in [-0.1, -0.05) is 56.3 Å². The van der Waals surface area contributed by atoms with Crippen molar-refractivity contribution in [2.75, 3.05) is 0 Å². The van der Waals surface area contributed by atoms with E-state index in [-0.39, 0.29) is 11.2 Å². The Balaban J connectivity index is 2.07. The van der Waals surface area contributed by atoms with Crippen LogP contribution in [-0.2, 0) is 5.41 Å². The van der Waals surface area contributed by atoms with Crippen molar-refractivity contribution in [3.8, 4) is 11.3 Å². The first-order valence-electron chi connectivity index (χ1n) is 7.36. The zero-order valence-corrected chi connectivity index (χ0v) is 12.8. The highest BCUT2D eigenvalue weighted by Crippen LogP contribution is 2.33. The lowest BCUT2D eigenvalue weighted by atomic mass is 9.78. The van der Waals surface area contributed by atoms with Gasteiger partial charge in [0.15, 0.2) is 0 Å². The number of hydrogen-bond donors (Lipinski definition) is 0. The Bertz CT molecular complexity index is 778. The molecule has 3 rings (SSSR count). The van der Waals surface area contributed by atoms with Gasteiger partial charge in [-0.05, 0) is 35.4 Å². The average molecular weight is 291 g/mol. The van der Waals surface area contributed by atoms with E-state index in [4.69, 9.17) is 0 Å². The van der Waals surface area contributed by atoms with Gasteiger partial charge in [0, 0.05) is 17.2 Å². The molecular formula is C20H18FN. The van der Waals surface area contributed by atoms with Crippen LogP contribution < -0.4 is 0 Å². The minimum absolute atomic E-state index is 0.162. The van der Waals surface area contributed by atoms with E-state index < -0.39 is 0 Å². The molecular weight excluding hydrogens is 273 g/mol. The van der Waals surface area contributed by atoms with Crippen molar-refractivity contribution >= 4 is 0 Å². The lowest BCUT2D eigenvalue weighted by Gasteiger charge is -2.26. The Kier molecular flexibility index (Phi) is 3.76. The zero-order valence-electron chi connectivity index (χ0n) is 12.8. The van der Waals surface area contributed by atoms with Crippen molar-refractivity contribution in [1.29, 1.82) is 0 Å². The summed E-state index contributed by atoms with van der Waals surface area (Å²) >= 11 is 0. The molecule has 0 bridgehead atoms. The van der Waals surface area contributed by atoms with Gasteiger partial charge < -0.3 is 0 Å². The van der Waals surface area contributed by atoms with Crippen molar-refractivity contribution in [3.63, 3.8) is 0 Å². The van der Waals surface area contributed by atoms with E-state index in [0.717, 1.165) is 5.56 Å². The Morgan fingerprint density at radius 1 is 0.818 bits per heavy atom. The van der Waals surface area contributed by atoms with Crippen LogP contribution in [0.5, 0.6) is 0 Å². The highest BCUT2D eigenvalue weighted by Gasteiger charge is 2.23.